The van der Waals surface area contributed by atoms with Gasteiger partial charge in [-0.05, 0) is 18.6 Å². The first-order valence-electron chi connectivity index (χ1n) is 8.29. The van der Waals surface area contributed by atoms with Gasteiger partial charge in [-0.25, -0.2) is 0 Å². The fourth-order valence-electron chi connectivity index (χ4n) is 3.08. The van der Waals surface area contributed by atoms with Crippen molar-refractivity contribution in [3.05, 3.63) is 63.0 Å². The van der Waals surface area contributed by atoms with E-state index in [4.69, 9.17) is 22.3 Å². The van der Waals surface area contributed by atoms with Crippen LogP contribution in [0, 0.1) is 0 Å². The lowest BCUT2D eigenvalue weighted by molar-refractivity contribution is 0.837. The molecule has 3 heterocycles. The van der Waals surface area contributed by atoms with Crippen molar-refractivity contribution in [2.75, 3.05) is 0 Å². The van der Waals surface area contributed by atoms with E-state index in [1.54, 1.807) is 11.3 Å². The summed E-state index contributed by atoms with van der Waals surface area (Å²) in [6, 6.07) is 10.1. The Bertz CT molecular complexity index is 956. The van der Waals surface area contributed by atoms with Crippen LogP contribution in [0.5, 0.6) is 0 Å². The molecule has 0 atom stereocenters. The zero-order valence-corrected chi connectivity index (χ0v) is 15.4. The van der Waals surface area contributed by atoms with Crippen LogP contribution in [0.25, 0.3) is 5.00 Å². The maximum Gasteiger partial charge on any atom is 0.160 e. The average molecular weight is 372 g/mol. The van der Waals surface area contributed by atoms with Gasteiger partial charge >= 0.3 is 0 Å². The van der Waals surface area contributed by atoms with Crippen LogP contribution in [-0.2, 0) is 19.5 Å². The molecular formula is C18H18ClN5S. The Kier molecular flexibility index (Phi) is 4.41. The van der Waals surface area contributed by atoms with Crippen LogP contribution in [0.2, 0.25) is 5.02 Å². The molecule has 128 valence electrons. The van der Waals surface area contributed by atoms with Crippen LogP contribution in [0.4, 0.5) is 0 Å². The van der Waals surface area contributed by atoms with E-state index >= 15 is 0 Å². The molecule has 1 aliphatic rings. The summed E-state index contributed by atoms with van der Waals surface area (Å²) in [7, 11) is 0. The predicted octanol–water partition coefficient (Wildman–Crippen LogP) is 3.74. The fraction of sp³-hybridized carbons (Fsp3) is 0.278. The summed E-state index contributed by atoms with van der Waals surface area (Å²) >= 11 is 8.21. The molecular weight excluding hydrogens is 354 g/mol. The zero-order valence-electron chi connectivity index (χ0n) is 13.9. The molecule has 1 aliphatic heterocycles. The molecule has 0 bridgehead atoms. The van der Waals surface area contributed by atoms with Crippen molar-refractivity contribution < 1.29 is 0 Å². The zero-order chi connectivity index (χ0) is 17.4. The molecule has 7 heteroatoms. The fourth-order valence-corrected chi connectivity index (χ4v) is 4.60. The summed E-state index contributed by atoms with van der Waals surface area (Å²) in [6.45, 7) is 2.98. The van der Waals surface area contributed by atoms with Crippen molar-refractivity contribution in [1.29, 1.82) is 0 Å². The summed E-state index contributed by atoms with van der Waals surface area (Å²) in [6.07, 6.45) is 2.12. The van der Waals surface area contributed by atoms with Gasteiger partial charge in [0.1, 0.15) is 11.5 Å². The predicted molar refractivity (Wildman–Crippen MR) is 102 cm³/mol. The standard InChI is InChI=1S/C18H18ClN5S/c1-2-5-11-8-13-17(12-6-3-4-7-14(12)19)21-10-16-23-22-15(9-20)24(16)18(13)25-11/h3-4,6-8H,2,5,9-10,20H2,1H3. The largest absolute Gasteiger partial charge is 0.324 e. The quantitative estimate of drug-likeness (QED) is 0.759. The third kappa shape index (κ3) is 2.80. The van der Waals surface area contributed by atoms with Gasteiger partial charge in [0.25, 0.3) is 0 Å². The Morgan fingerprint density at radius 2 is 2.08 bits per heavy atom. The van der Waals surface area contributed by atoms with Gasteiger partial charge in [-0.1, -0.05) is 43.1 Å². The molecule has 0 spiro atoms. The number of hydrogen-bond acceptors (Lipinski definition) is 5. The molecule has 2 N–H and O–H groups in total. The number of benzene rings is 1. The molecule has 25 heavy (non-hydrogen) atoms. The van der Waals surface area contributed by atoms with Crippen molar-refractivity contribution >= 4 is 28.6 Å². The molecule has 0 unspecified atom stereocenters. The SMILES string of the molecule is CCCc1cc2c(s1)-n1c(CN)nnc1CN=C2c1ccccc1Cl. The number of hydrogen-bond donors (Lipinski definition) is 1. The van der Waals surface area contributed by atoms with Gasteiger partial charge in [0.15, 0.2) is 11.6 Å². The molecule has 0 fully saturated rings. The van der Waals surface area contributed by atoms with E-state index in [1.807, 2.05) is 24.3 Å². The molecule has 4 rings (SSSR count). The first kappa shape index (κ1) is 16.4. The lowest BCUT2D eigenvalue weighted by atomic mass is 10.0. The molecule has 0 saturated carbocycles. The Labute approximate surface area is 155 Å². The number of nitrogens with zero attached hydrogens (tertiary/aromatic N) is 4. The molecule has 5 nitrogen and oxygen atoms in total. The minimum atomic E-state index is 0.342. The Hall–Kier alpha value is -2.02. The molecule has 0 saturated heterocycles. The Balaban J connectivity index is 1.95. The highest BCUT2D eigenvalue weighted by Crippen LogP contribution is 2.34. The second kappa shape index (κ2) is 6.71. The molecule has 0 radical (unpaired) electrons. The van der Waals surface area contributed by atoms with Crippen LogP contribution >= 0.6 is 22.9 Å². The summed E-state index contributed by atoms with van der Waals surface area (Å²) in [5.41, 5.74) is 8.82. The van der Waals surface area contributed by atoms with Crippen molar-refractivity contribution in [2.45, 2.75) is 32.9 Å². The highest BCUT2D eigenvalue weighted by atomic mass is 35.5. The van der Waals surface area contributed by atoms with Gasteiger partial charge in [-0.15, -0.1) is 21.5 Å². The van der Waals surface area contributed by atoms with E-state index in [0.717, 1.165) is 46.3 Å². The maximum atomic E-state index is 6.46. The lowest BCUT2D eigenvalue weighted by Gasteiger charge is -2.09. The lowest BCUT2D eigenvalue weighted by Crippen LogP contribution is -2.09. The van der Waals surface area contributed by atoms with Crippen molar-refractivity contribution in [3.63, 3.8) is 0 Å². The first-order valence-corrected chi connectivity index (χ1v) is 9.48. The van der Waals surface area contributed by atoms with E-state index in [-0.39, 0.29) is 0 Å². The van der Waals surface area contributed by atoms with Crippen LogP contribution in [0.15, 0.2) is 35.3 Å². The van der Waals surface area contributed by atoms with Crippen LogP contribution in [-0.4, -0.2) is 20.5 Å². The smallest absolute Gasteiger partial charge is 0.160 e. The van der Waals surface area contributed by atoms with Gasteiger partial charge in [0.05, 0.1) is 12.3 Å². The van der Waals surface area contributed by atoms with Gasteiger partial charge in [-0.3, -0.25) is 9.56 Å². The molecule has 1 aromatic carbocycles. The first-order chi connectivity index (χ1) is 12.2. The summed E-state index contributed by atoms with van der Waals surface area (Å²) in [4.78, 5) is 6.15. The topological polar surface area (TPSA) is 69.1 Å². The number of aryl methyl sites for hydroxylation is 1. The number of halogens is 1. The summed E-state index contributed by atoms with van der Waals surface area (Å²) in [5.74, 6) is 1.57. The second-order valence-electron chi connectivity index (χ2n) is 5.90. The minimum Gasteiger partial charge on any atom is -0.324 e. The van der Waals surface area contributed by atoms with Gasteiger partial charge in [-0.2, -0.15) is 0 Å². The number of fused-ring (bicyclic) bond motifs is 3. The molecule has 0 amide bonds. The summed E-state index contributed by atoms with van der Waals surface area (Å²) in [5, 5.41) is 10.3. The third-order valence-corrected chi connectivity index (χ3v) is 5.71. The third-order valence-electron chi connectivity index (χ3n) is 4.21. The monoisotopic (exact) mass is 371 g/mol. The minimum absolute atomic E-state index is 0.342. The van der Waals surface area contributed by atoms with Crippen LogP contribution in [0.1, 0.15) is 41.0 Å². The van der Waals surface area contributed by atoms with E-state index in [9.17, 15) is 0 Å². The van der Waals surface area contributed by atoms with E-state index in [2.05, 4.69) is 27.8 Å². The van der Waals surface area contributed by atoms with Crippen molar-refractivity contribution in [1.82, 2.24) is 14.8 Å². The van der Waals surface area contributed by atoms with Gasteiger partial charge in [0, 0.05) is 21.0 Å². The average Bonchev–Trinajstić information content (AvgIpc) is 3.17. The normalized spacial score (nSPS) is 13.2. The second-order valence-corrected chi connectivity index (χ2v) is 7.42. The Morgan fingerprint density at radius 3 is 2.84 bits per heavy atom. The number of aliphatic imine (C=N–C) groups is 1. The highest BCUT2D eigenvalue weighted by Gasteiger charge is 2.25. The number of thiophene rings is 1. The Morgan fingerprint density at radius 1 is 1.24 bits per heavy atom. The van der Waals surface area contributed by atoms with E-state index in [0.29, 0.717) is 18.1 Å². The number of aromatic nitrogens is 3. The maximum absolute atomic E-state index is 6.46. The van der Waals surface area contributed by atoms with Crippen LogP contribution < -0.4 is 5.73 Å². The molecule has 0 aliphatic carbocycles. The van der Waals surface area contributed by atoms with Crippen molar-refractivity contribution in [3.8, 4) is 5.00 Å². The summed E-state index contributed by atoms with van der Waals surface area (Å²) < 4.78 is 2.06. The number of rotatable bonds is 4. The van der Waals surface area contributed by atoms with Gasteiger partial charge < -0.3 is 5.73 Å². The number of nitrogens with two attached hydrogens (primary N) is 1. The van der Waals surface area contributed by atoms with Gasteiger partial charge in [0.2, 0.25) is 0 Å². The van der Waals surface area contributed by atoms with Crippen molar-refractivity contribution in [2.24, 2.45) is 10.7 Å². The van der Waals surface area contributed by atoms with E-state index < -0.39 is 0 Å². The highest BCUT2D eigenvalue weighted by molar-refractivity contribution is 7.15. The molecule has 2 aromatic heterocycles. The van der Waals surface area contributed by atoms with E-state index in [1.165, 1.54) is 4.88 Å². The molecule has 3 aromatic rings. The van der Waals surface area contributed by atoms with Crippen LogP contribution in [0.3, 0.4) is 0 Å².